The monoisotopic (exact) mass is 208 g/mol. The molecule has 0 aliphatic carbocycles. The van der Waals surface area contributed by atoms with Gasteiger partial charge in [-0.05, 0) is 32.4 Å². The maximum atomic E-state index is 11.3. The summed E-state index contributed by atoms with van der Waals surface area (Å²) in [5.41, 5.74) is 0.517. The smallest absolute Gasteiger partial charge is 0.251 e. The molecule has 82 valence electrons. The molecule has 0 unspecified atom stereocenters. The van der Waals surface area contributed by atoms with Crippen LogP contribution in [0.3, 0.4) is 0 Å². The fourth-order valence-electron chi connectivity index (χ4n) is 1.00. The minimum atomic E-state index is -1.34. The van der Waals surface area contributed by atoms with E-state index >= 15 is 0 Å². The van der Waals surface area contributed by atoms with E-state index in [0.29, 0.717) is 6.54 Å². The molecule has 1 rings (SSSR count). The third kappa shape index (κ3) is 3.67. The lowest BCUT2D eigenvalue weighted by molar-refractivity contribution is -0.136. The Balaban J connectivity index is 2.51. The van der Waals surface area contributed by atoms with Crippen molar-refractivity contribution in [2.45, 2.75) is 32.9 Å². The molecule has 0 aliphatic rings. The molecule has 15 heavy (non-hydrogen) atoms. The topological polar surface area (TPSA) is 62.2 Å². The maximum absolute atomic E-state index is 11.3. The standard InChI is InChI=1S/C11H16N2O2/c1-8-4-5-9(6-12-8)7-13-10(14)11(2,3)15/h4-6,15H,7H2,1-3H3,(H,13,14). The first-order valence-electron chi connectivity index (χ1n) is 4.82. The van der Waals surface area contributed by atoms with Crippen LogP contribution in [0.25, 0.3) is 0 Å². The molecule has 1 heterocycles. The number of hydrogen-bond acceptors (Lipinski definition) is 3. The Hall–Kier alpha value is -1.42. The predicted molar refractivity (Wildman–Crippen MR) is 57.1 cm³/mol. The first-order chi connectivity index (χ1) is 6.89. The Morgan fingerprint density at radius 2 is 2.20 bits per heavy atom. The zero-order chi connectivity index (χ0) is 11.5. The van der Waals surface area contributed by atoms with E-state index in [0.717, 1.165) is 11.3 Å². The van der Waals surface area contributed by atoms with Crippen molar-refractivity contribution in [2.75, 3.05) is 0 Å². The molecule has 1 amide bonds. The van der Waals surface area contributed by atoms with Gasteiger partial charge in [0.05, 0.1) is 0 Å². The molecule has 4 nitrogen and oxygen atoms in total. The van der Waals surface area contributed by atoms with Gasteiger partial charge in [-0.15, -0.1) is 0 Å². The number of aromatic nitrogens is 1. The zero-order valence-corrected chi connectivity index (χ0v) is 9.24. The van der Waals surface area contributed by atoms with Crippen LogP contribution in [0.4, 0.5) is 0 Å². The lowest BCUT2D eigenvalue weighted by Gasteiger charge is -2.16. The number of rotatable bonds is 3. The van der Waals surface area contributed by atoms with Gasteiger partial charge in [0.25, 0.3) is 5.91 Å². The predicted octanol–water partition coefficient (Wildman–Crippen LogP) is 0.777. The van der Waals surface area contributed by atoms with E-state index in [4.69, 9.17) is 0 Å². The number of aliphatic hydroxyl groups is 1. The van der Waals surface area contributed by atoms with Crippen molar-refractivity contribution in [3.8, 4) is 0 Å². The number of amides is 1. The van der Waals surface area contributed by atoms with Crippen LogP contribution in [0.2, 0.25) is 0 Å². The van der Waals surface area contributed by atoms with Crippen LogP contribution in [0.1, 0.15) is 25.1 Å². The summed E-state index contributed by atoms with van der Waals surface area (Å²) in [6.07, 6.45) is 1.71. The molecular formula is C11H16N2O2. The fourth-order valence-corrected chi connectivity index (χ4v) is 1.00. The highest BCUT2D eigenvalue weighted by molar-refractivity contribution is 5.83. The van der Waals surface area contributed by atoms with Crippen molar-refractivity contribution in [3.05, 3.63) is 29.6 Å². The van der Waals surface area contributed by atoms with Crippen LogP contribution >= 0.6 is 0 Å². The Kier molecular flexibility index (Phi) is 3.42. The summed E-state index contributed by atoms with van der Waals surface area (Å²) in [5.74, 6) is -0.386. The molecule has 4 heteroatoms. The molecular weight excluding hydrogens is 192 g/mol. The van der Waals surface area contributed by atoms with Crippen molar-refractivity contribution >= 4 is 5.91 Å². The van der Waals surface area contributed by atoms with E-state index in [9.17, 15) is 9.90 Å². The second kappa shape index (κ2) is 4.40. The van der Waals surface area contributed by atoms with Crippen molar-refractivity contribution in [3.63, 3.8) is 0 Å². The molecule has 0 spiro atoms. The Morgan fingerprint density at radius 3 is 2.67 bits per heavy atom. The van der Waals surface area contributed by atoms with Crippen LogP contribution in [-0.4, -0.2) is 21.6 Å². The number of hydrogen-bond donors (Lipinski definition) is 2. The van der Waals surface area contributed by atoms with Gasteiger partial charge in [0, 0.05) is 18.4 Å². The summed E-state index contributed by atoms with van der Waals surface area (Å²) in [4.78, 5) is 15.4. The fraction of sp³-hybridized carbons (Fsp3) is 0.455. The maximum Gasteiger partial charge on any atom is 0.251 e. The van der Waals surface area contributed by atoms with E-state index in [1.165, 1.54) is 13.8 Å². The molecule has 1 aromatic heterocycles. The average molecular weight is 208 g/mol. The van der Waals surface area contributed by atoms with Crippen LogP contribution in [0, 0.1) is 6.92 Å². The Labute approximate surface area is 89.3 Å². The molecule has 0 bridgehead atoms. The van der Waals surface area contributed by atoms with Crippen LogP contribution < -0.4 is 5.32 Å². The largest absolute Gasteiger partial charge is 0.381 e. The summed E-state index contributed by atoms with van der Waals surface area (Å²) >= 11 is 0. The first kappa shape index (κ1) is 11.7. The third-order valence-corrected chi connectivity index (χ3v) is 1.98. The number of carbonyl (C=O) groups is 1. The quantitative estimate of drug-likeness (QED) is 0.771. The van der Waals surface area contributed by atoms with E-state index in [1.807, 2.05) is 19.1 Å². The summed E-state index contributed by atoms with van der Waals surface area (Å²) in [5, 5.41) is 12.0. The highest BCUT2D eigenvalue weighted by Crippen LogP contribution is 2.02. The second-order valence-corrected chi connectivity index (χ2v) is 4.05. The molecule has 0 saturated heterocycles. The normalized spacial score (nSPS) is 11.2. The van der Waals surface area contributed by atoms with Gasteiger partial charge in [0.15, 0.2) is 0 Å². The summed E-state index contributed by atoms with van der Waals surface area (Å²) in [6.45, 7) is 5.20. The van der Waals surface area contributed by atoms with E-state index in [-0.39, 0.29) is 5.91 Å². The Morgan fingerprint density at radius 1 is 1.53 bits per heavy atom. The van der Waals surface area contributed by atoms with Gasteiger partial charge < -0.3 is 10.4 Å². The van der Waals surface area contributed by atoms with Crippen molar-refractivity contribution in [1.29, 1.82) is 0 Å². The minimum absolute atomic E-state index is 0.385. The Bertz CT molecular complexity index is 339. The molecule has 0 aromatic carbocycles. The number of pyridine rings is 1. The SMILES string of the molecule is Cc1ccc(CNC(=O)C(C)(C)O)cn1. The third-order valence-electron chi connectivity index (χ3n) is 1.98. The minimum Gasteiger partial charge on any atom is -0.381 e. The van der Waals surface area contributed by atoms with Gasteiger partial charge in [0.2, 0.25) is 0 Å². The molecule has 0 radical (unpaired) electrons. The average Bonchev–Trinajstić information content (AvgIpc) is 2.15. The lowest BCUT2D eigenvalue weighted by Crippen LogP contribution is -2.41. The van der Waals surface area contributed by atoms with E-state index < -0.39 is 5.60 Å². The van der Waals surface area contributed by atoms with Gasteiger partial charge in [-0.3, -0.25) is 9.78 Å². The molecule has 0 aliphatic heterocycles. The molecule has 1 aromatic rings. The van der Waals surface area contributed by atoms with Crippen molar-refractivity contribution in [1.82, 2.24) is 10.3 Å². The molecule has 0 atom stereocenters. The van der Waals surface area contributed by atoms with Gasteiger partial charge in [-0.25, -0.2) is 0 Å². The zero-order valence-electron chi connectivity index (χ0n) is 9.24. The van der Waals surface area contributed by atoms with Crippen LogP contribution in [0.5, 0.6) is 0 Å². The molecule has 0 saturated carbocycles. The van der Waals surface area contributed by atoms with E-state index in [2.05, 4.69) is 10.3 Å². The molecule has 2 N–H and O–H groups in total. The van der Waals surface area contributed by atoms with E-state index in [1.54, 1.807) is 6.20 Å². The van der Waals surface area contributed by atoms with Gasteiger partial charge in [-0.2, -0.15) is 0 Å². The van der Waals surface area contributed by atoms with Gasteiger partial charge in [0.1, 0.15) is 5.60 Å². The highest BCUT2D eigenvalue weighted by atomic mass is 16.3. The molecule has 0 fully saturated rings. The van der Waals surface area contributed by atoms with Crippen LogP contribution in [-0.2, 0) is 11.3 Å². The van der Waals surface area contributed by atoms with Crippen LogP contribution in [0.15, 0.2) is 18.3 Å². The number of nitrogens with zero attached hydrogens (tertiary/aromatic N) is 1. The number of carbonyl (C=O) groups excluding carboxylic acids is 1. The second-order valence-electron chi connectivity index (χ2n) is 4.05. The van der Waals surface area contributed by atoms with Crippen molar-refractivity contribution < 1.29 is 9.90 Å². The van der Waals surface area contributed by atoms with Crippen molar-refractivity contribution in [2.24, 2.45) is 0 Å². The van der Waals surface area contributed by atoms with Gasteiger partial charge in [-0.1, -0.05) is 6.07 Å². The highest BCUT2D eigenvalue weighted by Gasteiger charge is 2.22. The number of aryl methyl sites for hydroxylation is 1. The summed E-state index contributed by atoms with van der Waals surface area (Å²) < 4.78 is 0. The summed E-state index contributed by atoms with van der Waals surface area (Å²) in [6, 6.07) is 3.78. The first-order valence-corrected chi connectivity index (χ1v) is 4.82. The summed E-state index contributed by atoms with van der Waals surface area (Å²) in [7, 11) is 0. The lowest BCUT2D eigenvalue weighted by atomic mass is 10.1. The number of nitrogens with one attached hydrogen (secondary N) is 1. The van der Waals surface area contributed by atoms with Gasteiger partial charge >= 0.3 is 0 Å².